The Hall–Kier alpha value is -1.32. The van der Waals surface area contributed by atoms with Crippen LogP contribution in [0, 0.1) is 11.3 Å². The van der Waals surface area contributed by atoms with Gasteiger partial charge in [0, 0.05) is 12.8 Å². The van der Waals surface area contributed by atoms with Crippen molar-refractivity contribution < 1.29 is 14.3 Å². The molecule has 0 bridgehead atoms. The minimum absolute atomic E-state index is 0.0468. The van der Waals surface area contributed by atoms with Crippen LogP contribution >= 0.6 is 0 Å². The highest BCUT2D eigenvalue weighted by atomic mass is 16.5. The predicted molar refractivity (Wildman–Crippen MR) is 67.4 cm³/mol. The zero-order valence-electron chi connectivity index (χ0n) is 11.5. The highest BCUT2D eigenvalue weighted by molar-refractivity contribution is 5.83. The Balaban J connectivity index is 4.75. The quantitative estimate of drug-likeness (QED) is 0.604. The van der Waals surface area contributed by atoms with Gasteiger partial charge in [0.15, 0.2) is 0 Å². The summed E-state index contributed by atoms with van der Waals surface area (Å²) in [6, 6.07) is -0.629. The fraction of sp³-hybridized carbons (Fsp3) is 0.692. The normalized spacial score (nSPS) is 15.4. The number of hydrogen-bond donors (Lipinski definition) is 1. The van der Waals surface area contributed by atoms with Crippen molar-refractivity contribution in [3.8, 4) is 0 Å². The topological polar surface area (TPSA) is 55.4 Å². The Morgan fingerprint density at radius 2 is 1.82 bits per heavy atom. The highest BCUT2D eigenvalue weighted by Gasteiger charge is 2.25. The van der Waals surface area contributed by atoms with Crippen molar-refractivity contribution in [1.82, 2.24) is 5.32 Å². The number of amides is 1. The fourth-order valence-corrected chi connectivity index (χ4v) is 1.30. The van der Waals surface area contributed by atoms with Crippen molar-refractivity contribution in [1.29, 1.82) is 0 Å². The molecule has 0 saturated heterocycles. The average Bonchev–Trinajstić information content (AvgIpc) is 2.20. The van der Waals surface area contributed by atoms with E-state index in [1.54, 1.807) is 0 Å². The molecule has 0 aliphatic heterocycles. The van der Waals surface area contributed by atoms with Crippen molar-refractivity contribution in [2.45, 2.75) is 40.7 Å². The zero-order chi connectivity index (χ0) is 13.6. The smallest absolute Gasteiger partial charge is 0.328 e. The standard InChI is InChI=1S/C13H23NO3/c1-9(7-8-13(3,4)5)11(12(16)17-6)14-10(2)15/h7-9,11H,1-6H3,(H,14,15)/b8-7+/t9-,11-/m0/s1. The minimum Gasteiger partial charge on any atom is -0.467 e. The third kappa shape index (κ3) is 6.76. The van der Waals surface area contributed by atoms with Crippen LogP contribution < -0.4 is 5.32 Å². The molecule has 1 amide bonds. The van der Waals surface area contributed by atoms with Crippen LogP contribution in [-0.4, -0.2) is 25.0 Å². The third-order valence-electron chi connectivity index (χ3n) is 2.24. The third-order valence-corrected chi connectivity index (χ3v) is 2.24. The molecular weight excluding hydrogens is 218 g/mol. The lowest BCUT2D eigenvalue weighted by Gasteiger charge is -2.21. The molecule has 2 atom stereocenters. The lowest BCUT2D eigenvalue weighted by Crippen LogP contribution is -2.44. The van der Waals surface area contributed by atoms with Crippen LogP contribution in [0.1, 0.15) is 34.6 Å². The maximum Gasteiger partial charge on any atom is 0.328 e. The molecule has 0 aromatic carbocycles. The molecule has 0 aromatic rings. The number of nitrogens with one attached hydrogen (secondary N) is 1. The Morgan fingerprint density at radius 3 is 2.18 bits per heavy atom. The Labute approximate surface area is 103 Å². The predicted octanol–water partition coefficient (Wildman–Crippen LogP) is 1.90. The molecule has 0 fully saturated rings. The van der Waals surface area contributed by atoms with E-state index in [-0.39, 0.29) is 17.2 Å². The monoisotopic (exact) mass is 241 g/mol. The summed E-state index contributed by atoms with van der Waals surface area (Å²) in [5.41, 5.74) is 0.0468. The van der Waals surface area contributed by atoms with E-state index in [4.69, 9.17) is 0 Å². The summed E-state index contributed by atoms with van der Waals surface area (Å²) in [5.74, 6) is -0.770. The van der Waals surface area contributed by atoms with Crippen molar-refractivity contribution in [2.24, 2.45) is 11.3 Å². The SMILES string of the molecule is COC(=O)[C@@H](NC(C)=O)[C@@H](C)/C=C/C(C)(C)C. The van der Waals surface area contributed by atoms with Gasteiger partial charge in [-0.15, -0.1) is 0 Å². The largest absolute Gasteiger partial charge is 0.467 e. The van der Waals surface area contributed by atoms with Crippen LogP contribution in [0.4, 0.5) is 0 Å². The molecule has 4 nitrogen and oxygen atoms in total. The van der Waals surface area contributed by atoms with E-state index in [0.717, 1.165) is 0 Å². The molecule has 0 aliphatic rings. The van der Waals surface area contributed by atoms with Crippen molar-refractivity contribution in [2.75, 3.05) is 7.11 Å². The van der Waals surface area contributed by atoms with E-state index in [1.165, 1.54) is 14.0 Å². The van der Waals surface area contributed by atoms with Crippen LogP contribution in [0.3, 0.4) is 0 Å². The van der Waals surface area contributed by atoms with Gasteiger partial charge in [-0.2, -0.15) is 0 Å². The Bertz CT molecular complexity index is 302. The van der Waals surface area contributed by atoms with Gasteiger partial charge in [0.05, 0.1) is 7.11 Å². The molecule has 0 saturated carbocycles. The van der Waals surface area contributed by atoms with Crippen molar-refractivity contribution in [3.63, 3.8) is 0 Å². The van der Waals surface area contributed by atoms with Gasteiger partial charge in [-0.25, -0.2) is 4.79 Å². The first-order chi connectivity index (χ1) is 7.67. The van der Waals surface area contributed by atoms with E-state index in [1.807, 2.05) is 19.1 Å². The minimum atomic E-state index is -0.629. The molecule has 0 rings (SSSR count). The Kier molecular flexibility index (Phi) is 5.93. The second kappa shape index (κ2) is 6.42. The molecule has 0 unspecified atom stereocenters. The summed E-state index contributed by atoms with van der Waals surface area (Å²) in [4.78, 5) is 22.6. The molecule has 17 heavy (non-hydrogen) atoms. The van der Waals surface area contributed by atoms with E-state index in [0.29, 0.717) is 0 Å². The van der Waals surface area contributed by atoms with Gasteiger partial charge < -0.3 is 10.1 Å². The van der Waals surface area contributed by atoms with Gasteiger partial charge in [0.2, 0.25) is 5.91 Å². The van der Waals surface area contributed by atoms with E-state index < -0.39 is 12.0 Å². The number of carbonyl (C=O) groups is 2. The molecule has 0 heterocycles. The summed E-state index contributed by atoms with van der Waals surface area (Å²) < 4.78 is 4.68. The fourth-order valence-electron chi connectivity index (χ4n) is 1.30. The first kappa shape index (κ1) is 15.7. The zero-order valence-corrected chi connectivity index (χ0v) is 11.5. The van der Waals surface area contributed by atoms with Crippen LogP contribution in [-0.2, 0) is 14.3 Å². The van der Waals surface area contributed by atoms with Crippen LogP contribution in [0.25, 0.3) is 0 Å². The van der Waals surface area contributed by atoms with Crippen molar-refractivity contribution >= 4 is 11.9 Å². The maximum absolute atomic E-state index is 11.5. The molecule has 98 valence electrons. The summed E-state index contributed by atoms with van der Waals surface area (Å²) in [5, 5.41) is 2.60. The number of hydrogen-bond acceptors (Lipinski definition) is 3. The number of esters is 1. The van der Waals surface area contributed by atoms with E-state index >= 15 is 0 Å². The number of ether oxygens (including phenoxy) is 1. The number of allylic oxidation sites excluding steroid dienone is 1. The highest BCUT2D eigenvalue weighted by Crippen LogP contribution is 2.17. The molecule has 0 spiro atoms. The number of carbonyl (C=O) groups excluding carboxylic acids is 2. The van der Waals surface area contributed by atoms with E-state index in [2.05, 4.69) is 30.8 Å². The summed E-state index contributed by atoms with van der Waals surface area (Å²) >= 11 is 0. The first-order valence-electron chi connectivity index (χ1n) is 5.71. The summed E-state index contributed by atoms with van der Waals surface area (Å²) in [6.07, 6.45) is 3.95. The van der Waals surface area contributed by atoms with Crippen LogP contribution in [0.5, 0.6) is 0 Å². The van der Waals surface area contributed by atoms with Gasteiger partial charge in [-0.3, -0.25) is 4.79 Å². The maximum atomic E-state index is 11.5. The van der Waals surface area contributed by atoms with Gasteiger partial charge in [0.1, 0.15) is 6.04 Å². The second-order valence-electron chi connectivity index (χ2n) is 5.29. The van der Waals surface area contributed by atoms with Gasteiger partial charge in [-0.1, -0.05) is 39.8 Å². The molecule has 4 heteroatoms. The first-order valence-corrected chi connectivity index (χ1v) is 5.71. The summed E-state index contributed by atoms with van der Waals surface area (Å²) in [6.45, 7) is 9.47. The van der Waals surface area contributed by atoms with Crippen LogP contribution in [0.2, 0.25) is 0 Å². The molecule has 0 aromatic heterocycles. The van der Waals surface area contributed by atoms with Crippen molar-refractivity contribution in [3.05, 3.63) is 12.2 Å². The lowest BCUT2D eigenvalue weighted by molar-refractivity contribution is -0.145. The van der Waals surface area contributed by atoms with Gasteiger partial charge in [0.25, 0.3) is 0 Å². The molecule has 1 N–H and O–H groups in total. The number of rotatable bonds is 4. The van der Waals surface area contributed by atoms with Gasteiger partial charge in [-0.05, 0) is 5.41 Å². The lowest BCUT2D eigenvalue weighted by atomic mass is 9.92. The molecule has 0 radical (unpaired) electrons. The molecule has 0 aliphatic carbocycles. The van der Waals surface area contributed by atoms with Crippen LogP contribution in [0.15, 0.2) is 12.2 Å². The van der Waals surface area contributed by atoms with Gasteiger partial charge >= 0.3 is 5.97 Å². The second-order valence-corrected chi connectivity index (χ2v) is 5.29. The molecular formula is C13H23NO3. The Morgan fingerprint density at radius 1 is 1.29 bits per heavy atom. The van der Waals surface area contributed by atoms with E-state index in [9.17, 15) is 9.59 Å². The average molecular weight is 241 g/mol. The summed E-state index contributed by atoms with van der Waals surface area (Å²) in [7, 11) is 1.32. The number of methoxy groups -OCH3 is 1.